The summed E-state index contributed by atoms with van der Waals surface area (Å²) in [6.45, 7) is 0. The van der Waals surface area contributed by atoms with E-state index in [0.29, 0.717) is 6.04 Å². The summed E-state index contributed by atoms with van der Waals surface area (Å²) in [4.78, 5) is 11.5. The molecule has 0 unspecified atom stereocenters. The van der Waals surface area contributed by atoms with Crippen LogP contribution < -0.4 is 5.69 Å². The second kappa shape index (κ2) is 3.92. The molecule has 2 fully saturated rings. The Labute approximate surface area is 97.2 Å². The van der Waals surface area contributed by atoms with Gasteiger partial charge in [-0.25, -0.2) is 9.89 Å². The second-order valence-electron chi connectivity index (χ2n) is 4.57. The number of rotatable bonds is 3. The molecular formula is C10H15N3O2S. The smallest absolute Gasteiger partial charge is 0.344 e. The summed E-state index contributed by atoms with van der Waals surface area (Å²) in [6.07, 6.45) is 4.84. The average molecular weight is 241 g/mol. The van der Waals surface area contributed by atoms with Gasteiger partial charge in [-0.1, -0.05) is 11.8 Å². The van der Waals surface area contributed by atoms with E-state index < -0.39 is 0 Å². The molecule has 1 heterocycles. The van der Waals surface area contributed by atoms with Crippen LogP contribution in [0.4, 0.5) is 0 Å². The normalized spacial score (nSPS) is 29.8. The van der Waals surface area contributed by atoms with Crippen molar-refractivity contribution in [2.45, 2.75) is 54.7 Å². The number of hydrogen-bond donors (Lipinski definition) is 2. The van der Waals surface area contributed by atoms with Crippen LogP contribution in [0.2, 0.25) is 0 Å². The van der Waals surface area contributed by atoms with Crippen LogP contribution in [-0.2, 0) is 0 Å². The van der Waals surface area contributed by atoms with Crippen molar-refractivity contribution in [3.8, 4) is 0 Å². The Morgan fingerprint density at radius 2 is 2.19 bits per heavy atom. The molecule has 5 nitrogen and oxygen atoms in total. The third-order valence-corrected chi connectivity index (χ3v) is 4.61. The van der Waals surface area contributed by atoms with Gasteiger partial charge in [0.1, 0.15) is 0 Å². The Bertz CT molecular complexity index is 438. The van der Waals surface area contributed by atoms with Crippen molar-refractivity contribution in [2.24, 2.45) is 0 Å². The predicted molar refractivity (Wildman–Crippen MR) is 60.6 cm³/mol. The number of thioether (sulfide) groups is 1. The Hall–Kier alpha value is -0.750. The summed E-state index contributed by atoms with van der Waals surface area (Å²) in [7, 11) is 0. The highest BCUT2D eigenvalue weighted by Gasteiger charge is 2.32. The van der Waals surface area contributed by atoms with Crippen molar-refractivity contribution < 1.29 is 5.11 Å². The molecule has 1 aromatic rings. The van der Waals surface area contributed by atoms with Crippen LogP contribution in [0.25, 0.3) is 0 Å². The molecule has 88 valence electrons. The van der Waals surface area contributed by atoms with Crippen molar-refractivity contribution in [3.63, 3.8) is 0 Å². The number of nitrogens with zero attached hydrogens (tertiary/aromatic N) is 2. The fourth-order valence-electron chi connectivity index (χ4n) is 2.21. The van der Waals surface area contributed by atoms with Gasteiger partial charge in [-0.15, -0.1) is 5.10 Å². The molecule has 0 bridgehead atoms. The van der Waals surface area contributed by atoms with E-state index in [0.717, 1.165) is 37.3 Å². The molecule has 6 heteroatoms. The molecule has 3 rings (SSSR count). The van der Waals surface area contributed by atoms with E-state index in [1.807, 2.05) is 0 Å². The van der Waals surface area contributed by atoms with Gasteiger partial charge in [0.05, 0.1) is 6.10 Å². The van der Waals surface area contributed by atoms with Crippen LogP contribution in [0.3, 0.4) is 0 Å². The lowest BCUT2D eigenvalue weighted by molar-refractivity contribution is 0.188. The number of nitrogens with one attached hydrogen (secondary N) is 1. The molecular weight excluding hydrogens is 226 g/mol. The minimum Gasteiger partial charge on any atom is -0.392 e. The molecule has 2 N–H and O–H groups in total. The number of H-pyrrole nitrogens is 1. The standard InChI is InChI=1S/C10H15N3O2S/c14-7-2-1-3-8(7)16-10-12-11-9(15)13(10)6-4-5-6/h6-8,14H,1-5H2,(H,11,15)/t7-,8-/m0/s1. The number of aromatic amines is 1. The van der Waals surface area contributed by atoms with Gasteiger partial charge >= 0.3 is 5.69 Å². The van der Waals surface area contributed by atoms with Crippen molar-refractivity contribution in [1.82, 2.24) is 14.8 Å². The predicted octanol–water partition coefficient (Wildman–Crippen LogP) is 0.912. The number of aromatic nitrogens is 3. The van der Waals surface area contributed by atoms with Gasteiger partial charge in [0.2, 0.25) is 0 Å². The SMILES string of the molecule is O=c1[nH]nc(S[C@H]2CCC[C@@H]2O)n1C1CC1. The van der Waals surface area contributed by atoms with Gasteiger partial charge in [0.25, 0.3) is 0 Å². The minimum atomic E-state index is -0.246. The monoisotopic (exact) mass is 241 g/mol. The quantitative estimate of drug-likeness (QED) is 0.825. The first-order chi connectivity index (χ1) is 7.75. The molecule has 2 atom stereocenters. The van der Waals surface area contributed by atoms with Gasteiger partial charge in [0, 0.05) is 11.3 Å². The van der Waals surface area contributed by atoms with Crippen LogP contribution in [0.1, 0.15) is 38.1 Å². The summed E-state index contributed by atoms with van der Waals surface area (Å²) in [5, 5.41) is 17.3. The highest BCUT2D eigenvalue weighted by molar-refractivity contribution is 7.99. The Kier molecular flexibility index (Phi) is 2.55. The van der Waals surface area contributed by atoms with E-state index in [1.165, 1.54) is 0 Å². The molecule has 0 radical (unpaired) electrons. The Morgan fingerprint density at radius 1 is 1.38 bits per heavy atom. The molecule has 0 amide bonds. The highest BCUT2D eigenvalue weighted by Crippen LogP contribution is 2.39. The fraction of sp³-hybridized carbons (Fsp3) is 0.800. The first-order valence-electron chi connectivity index (χ1n) is 5.77. The maximum absolute atomic E-state index is 11.5. The van der Waals surface area contributed by atoms with Crippen LogP contribution in [0, 0.1) is 0 Å². The van der Waals surface area contributed by atoms with E-state index in [-0.39, 0.29) is 17.0 Å². The summed E-state index contributed by atoms with van der Waals surface area (Å²) in [6, 6.07) is 0.340. The molecule has 2 aliphatic rings. The first-order valence-corrected chi connectivity index (χ1v) is 6.65. The van der Waals surface area contributed by atoms with Crippen LogP contribution in [0.5, 0.6) is 0 Å². The van der Waals surface area contributed by atoms with Gasteiger partial charge in [0.15, 0.2) is 5.16 Å². The van der Waals surface area contributed by atoms with Crippen molar-refractivity contribution in [3.05, 3.63) is 10.5 Å². The van der Waals surface area contributed by atoms with Crippen LogP contribution >= 0.6 is 11.8 Å². The fourth-order valence-corrected chi connectivity index (χ4v) is 3.50. The van der Waals surface area contributed by atoms with E-state index in [2.05, 4.69) is 10.2 Å². The molecule has 0 aromatic carbocycles. The third kappa shape index (κ3) is 1.80. The third-order valence-electron chi connectivity index (χ3n) is 3.26. The molecule has 2 aliphatic carbocycles. The largest absolute Gasteiger partial charge is 0.392 e. The van der Waals surface area contributed by atoms with Gasteiger partial charge in [-0.2, -0.15) is 0 Å². The zero-order valence-corrected chi connectivity index (χ0v) is 9.74. The second-order valence-corrected chi connectivity index (χ2v) is 5.77. The van der Waals surface area contributed by atoms with Crippen molar-refractivity contribution in [1.29, 1.82) is 0 Å². The molecule has 0 saturated heterocycles. The lowest BCUT2D eigenvalue weighted by Crippen LogP contribution is -2.19. The van der Waals surface area contributed by atoms with Gasteiger partial charge in [-0.3, -0.25) is 4.57 Å². The lowest BCUT2D eigenvalue weighted by Gasteiger charge is -2.13. The Balaban J connectivity index is 1.81. The molecule has 0 spiro atoms. The van der Waals surface area contributed by atoms with E-state index in [9.17, 15) is 9.90 Å². The zero-order valence-electron chi connectivity index (χ0n) is 8.93. The molecule has 2 saturated carbocycles. The van der Waals surface area contributed by atoms with Crippen molar-refractivity contribution in [2.75, 3.05) is 0 Å². The summed E-state index contributed by atoms with van der Waals surface area (Å²) in [5.41, 5.74) is -0.113. The Morgan fingerprint density at radius 3 is 2.81 bits per heavy atom. The first kappa shape index (κ1) is 10.4. The van der Waals surface area contributed by atoms with E-state index >= 15 is 0 Å². The zero-order chi connectivity index (χ0) is 11.1. The van der Waals surface area contributed by atoms with Crippen molar-refractivity contribution >= 4 is 11.8 Å². The highest BCUT2D eigenvalue weighted by atomic mass is 32.2. The number of hydrogen-bond acceptors (Lipinski definition) is 4. The summed E-state index contributed by atoms with van der Waals surface area (Å²) < 4.78 is 1.75. The number of aliphatic hydroxyl groups is 1. The van der Waals surface area contributed by atoms with E-state index in [4.69, 9.17) is 0 Å². The summed E-state index contributed by atoms with van der Waals surface area (Å²) >= 11 is 1.55. The lowest BCUT2D eigenvalue weighted by atomic mass is 10.3. The maximum atomic E-state index is 11.5. The molecule has 16 heavy (non-hydrogen) atoms. The summed E-state index contributed by atoms with van der Waals surface area (Å²) in [5.74, 6) is 0. The maximum Gasteiger partial charge on any atom is 0.344 e. The van der Waals surface area contributed by atoms with Crippen LogP contribution in [-0.4, -0.2) is 31.2 Å². The molecule has 1 aromatic heterocycles. The number of aliphatic hydroxyl groups excluding tert-OH is 1. The van der Waals surface area contributed by atoms with Gasteiger partial charge in [-0.05, 0) is 32.1 Å². The average Bonchev–Trinajstić information content (AvgIpc) is 2.92. The van der Waals surface area contributed by atoms with E-state index in [1.54, 1.807) is 16.3 Å². The van der Waals surface area contributed by atoms with Gasteiger partial charge < -0.3 is 5.11 Å². The van der Waals surface area contributed by atoms with Crippen LogP contribution in [0.15, 0.2) is 9.95 Å². The molecule has 0 aliphatic heterocycles. The topological polar surface area (TPSA) is 70.9 Å². The minimum absolute atomic E-state index is 0.113.